The Hall–Kier alpha value is -1.75. The van der Waals surface area contributed by atoms with E-state index in [1.807, 2.05) is 0 Å². The molecule has 2 atom stereocenters. The Morgan fingerprint density at radius 1 is 1.13 bits per heavy atom. The predicted molar refractivity (Wildman–Crippen MR) is 90.9 cm³/mol. The molecule has 0 bridgehead atoms. The maximum absolute atomic E-state index is 12.1. The molecule has 124 valence electrons. The normalized spacial score (nSPS) is 23.4. The van der Waals surface area contributed by atoms with Crippen LogP contribution in [0.3, 0.4) is 0 Å². The first-order valence-electron chi connectivity index (χ1n) is 8.21. The lowest BCUT2D eigenvalue weighted by molar-refractivity contribution is 0.0951. The highest BCUT2D eigenvalue weighted by atomic mass is 35.5. The van der Waals surface area contributed by atoms with Crippen LogP contribution in [0.15, 0.2) is 18.2 Å². The number of hydrogen-bond donors (Lipinski definition) is 3. The van der Waals surface area contributed by atoms with Crippen LogP contribution >= 0.6 is 11.6 Å². The zero-order valence-electron chi connectivity index (χ0n) is 13.2. The molecular weight excluding hydrogens is 314 g/mol. The molecule has 3 amide bonds. The molecule has 0 spiro atoms. The van der Waals surface area contributed by atoms with Gasteiger partial charge >= 0.3 is 6.03 Å². The Balaban J connectivity index is 1.58. The van der Waals surface area contributed by atoms with Gasteiger partial charge in [-0.05, 0) is 49.8 Å². The molecule has 3 N–H and O–H groups in total. The minimum atomic E-state index is -0.227. The van der Waals surface area contributed by atoms with Crippen molar-refractivity contribution in [3.63, 3.8) is 0 Å². The third-order valence-corrected chi connectivity index (χ3v) is 4.87. The third kappa shape index (κ3) is 4.16. The van der Waals surface area contributed by atoms with Crippen LogP contribution in [0.2, 0.25) is 5.02 Å². The summed E-state index contributed by atoms with van der Waals surface area (Å²) in [6.07, 6.45) is 5.39. The smallest absolute Gasteiger partial charge is 0.319 e. The summed E-state index contributed by atoms with van der Waals surface area (Å²) in [6, 6.07) is 5.25. The van der Waals surface area contributed by atoms with Gasteiger partial charge in [0.2, 0.25) is 0 Å². The molecule has 0 aromatic heterocycles. The number of benzene rings is 1. The monoisotopic (exact) mass is 335 g/mol. The summed E-state index contributed by atoms with van der Waals surface area (Å²) in [4.78, 5) is 24.1. The first-order chi connectivity index (χ1) is 11.0. The second-order valence-electron chi connectivity index (χ2n) is 6.56. The molecule has 0 unspecified atom stereocenters. The van der Waals surface area contributed by atoms with E-state index >= 15 is 0 Å². The van der Waals surface area contributed by atoms with E-state index in [1.165, 1.54) is 0 Å². The van der Waals surface area contributed by atoms with E-state index < -0.39 is 0 Å². The Morgan fingerprint density at radius 3 is 2.52 bits per heavy atom. The van der Waals surface area contributed by atoms with Gasteiger partial charge in [0, 0.05) is 17.8 Å². The van der Waals surface area contributed by atoms with E-state index in [2.05, 4.69) is 22.9 Å². The third-order valence-electron chi connectivity index (χ3n) is 4.56. The van der Waals surface area contributed by atoms with Gasteiger partial charge in [-0.15, -0.1) is 0 Å². The first kappa shape index (κ1) is 16.1. The van der Waals surface area contributed by atoms with E-state index in [0.29, 0.717) is 22.2 Å². The van der Waals surface area contributed by atoms with E-state index in [9.17, 15) is 9.59 Å². The van der Waals surface area contributed by atoms with Gasteiger partial charge in [0.15, 0.2) is 0 Å². The Kier molecular flexibility index (Phi) is 4.76. The maximum Gasteiger partial charge on any atom is 0.319 e. The van der Waals surface area contributed by atoms with Crippen LogP contribution in [-0.4, -0.2) is 24.0 Å². The molecule has 0 heterocycles. The maximum atomic E-state index is 12.1. The summed E-state index contributed by atoms with van der Waals surface area (Å²) in [5.74, 6) is 0.353. The zero-order valence-corrected chi connectivity index (χ0v) is 14.0. The standard InChI is InChI=1S/C17H22ClN3O2/c1-10-3-2-4-15(10)21-17(23)20-12-7-8-13(14(18)9-12)16(22)19-11-5-6-11/h7-11,15H,2-6H2,1H3,(H,19,22)(H2,20,21,23)/t10-,15-/m0/s1. The van der Waals surface area contributed by atoms with Crippen molar-refractivity contribution in [3.8, 4) is 0 Å². The number of anilines is 1. The minimum absolute atomic E-state index is 0.159. The molecular formula is C17H22ClN3O2. The Morgan fingerprint density at radius 2 is 1.91 bits per heavy atom. The fourth-order valence-electron chi connectivity index (χ4n) is 2.96. The highest BCUT2D eigenvalue weighted by Gasteiger charge is 2.26. The van der Waals surface area contributed by atoms with Crippen molar-refractivity contribution in [3.05, 3.63) is 28.8 Å². The first-order valence-corrected chi connectivity index (χ1v) is 8.58. The molecule has 23 heavy (non-hydrogen) atoms. The SMILES string of the molecule is C[C@H]1CCC[C@@H]1NC(=O)Nc1ccc(C(=O)NC2CC2)c(Cl)c1. The average Bonchev–Trinajstić information content (AvgIpc) is 3.21. The van der Waals surface area contributed by atoms with E-state index in [0.717, 1.165) is 32.1 Å². The van der Waals surface area contributed by atoms with Crippen LogP contribution in [0, 0.1) is 5.92 Å². The molecule has 3 rings (SSSR count). The summed E-state index contributed by atoms with van der Waals surface area (Å²) in [6.45, 7) is 2.15. The molecule has 2 aliphatic rings. The second kappa shape index (κ2) is 6.79. The number of nitrogens with one attached hydrogen (secondary N) is 3. The molecule has 1 aromatic carbocycles. The lowest BCUT2D eigenvalue weighted by Crippen LogP contribution is -2.39. The number of urea groups is 1. The zero-order chi connectivity index (χ0) is 16.4. The van der Waals surface area contributed by atoms with Crippen LogP contribution in [-0.2, 0) is 0 Å². The van der Waals surface area contributed by atoms with Gasteiger partial charge in [-0.1, -0.05) is 24.9 Å². The van der Waals surface area contributed by atoms with Crippen molar-refractivity contribution in [2.45, 2.75) is 51.1 Å². The number of carbonyl (C=O) groups is 2. The number of rotatable bonds is 4. The Bertz CT molecular complexity index is 616. The van der Waals surface area contributed by atoms with Crippen molar-refractivity contribution in [2.75, 3.05) is 5.32 Å². The van der Waals surface area contributed by atoms with Gasteiger partial charge in [0.1, 0.15) is 0 Å². The quantitative estimate of drug-likeness (QED) is 0.787. The number of halogens is 1. The van der Waals surface area contributed by atoms with E-state index in [1.54, 1.807) is 18.2 Å². The van der Waals surface area contributed by atoms with Crippen molar-refractivity contribution in [1.82, 2.24) is 10.6 Å². The Labute approximate surface area is 141 Å². The lowest BCUT2D eigenvalue weighted by atomic mass is 10.1. The van der Waals surface area contributed by atoms with Crippen LogP contribution in [0.25, 0.3) is 0 Å². The van der Waals surface area contributed by atoms with E-state index in [4.69, 9.17) is 11.6 Å². The largest absolute Gasteiger partial charge is 0.349 e. The molecule has 0 radical (unpaired) electrons. The molecule has 1 aromatic rings. The van der Waals surface area contributed by atoms with Crippen molar-refractivity contribution in [2.24, 2.45) is 5.92 Å². The van der Waals surface area contributed by atoms with Gasteiger partial charge in [-0.2, -0.15) is 0 Å². The van der Waals surface area contributed by atoms with Gasteiger partial charge in [0.25, 0.3) is 5.91 Å². The van der Waals surface area contributed by atoms with Crippen LogP contribution in [0.4, 0.5) is 10.5 Å². The van der Waals surface area contributed by atoms with Crippen molar-refractivity contribution in [1.29, 1.82) is 0 Å². The summed E-state index contributed by atoms with van der Waals surface area (Å²) in [5, 5.41) is 9.02. The van der Waals surface area contributed by atoms with Gasteiger partial charge < -0.3 is 16.0 Å². The summed E-state index contributed by atoms with van der Waals surface area (Å²) < 4.78 is 0. The average molecular weight is 336 g/mol. The topological polar surface area (TPSA) is 70.2 Å². The predicted octanol–water partition coefficient (Wildman–Crippen LogP) is 3.54. The van der Waals surface area contributed by atoms with Gasteiger partial charge in [-0.3, -0.25) is 4.79 Å². The molecule has 0 aliphatic heterocycles. The van der Waals surface area contributed by atoms with Crippen molar-refractivity contribution >= 4 is 29.2 Å². The fraction of sp³-hybridized carbons (Fsp3) is 0.529. The molecule has 2 saturated carbocycles. The van der Waals surface area contributed by atoms with Gasteiger partial charge in [-0.25, -0.2) is 4.79 Å². The number of amides is 3. The van der Waals surface area contributed by atoms with Crippen molar-refractivity contribution < 1.29 is 9.59 Å². The highest BCUT2D eigenvalue weighted by Crippen LogP contribution is 2.26. The minimum Gasteiger partial charge on any atom is -0.349 e. The van der Waals surface area contributed by atoms with E-state index in [-0.39, 0.29) is 24.0 Å². The fourth-order valence-corrected chi connectivity index (χ4v) is 3.23. The second-order valence-corrected chi connectivity index (χ2v) is 6.96. The molecule has 6 heteroatoms. The molecule has 5 nitrogen and oxygen atoms in total. The summed E-state index contributed by atoms with van der Waals surface area (Å²) in [5.41, 5.74) is 1.02. The van der Waals surface area contributed by atoms with Crippen LogP contribution in [0.1, 0.15) is 49.4 Å². The highest BCUT2D eigenvalue weighted by molar-refractivity contribution is 6.34. The van der Waals surface area contributed by atoms with Crippen LogP contribution < -0.4 is 16.0 Å². The molecule has 0 saturated heterocycles. The lowest BCUT2D eigenvalue weighted by Gasteiger charge is -2.18. The number of hydrogen-bond acceptors (Lipinski definition) is 2. The summed E-state index contributed by atoms with van der Waals surface area (Å²) in [7, 11) is 0. The molecule has 2 fully saturated rings. The van der Waals surface area contributed by atoms with Crippen LogP contribution in [0.5, 0.6) is 0 Å². The van der Waals surface area contributed by atoms with Gasteiger partial charge in [0.05, 0.1) is 10.6 Å². The number of carbonyl (C=O) groups excluding carboxylic acids is 2. The molecule has 2 aliphatic carbocycles. The summed E-state index contributed by atoms with van der Waals surface area (Å²) >= 11 is 6.17.